The van der Waals surface area contributed by atoms with Gasteiger partial charge in [0.25, 0.3) is 5.91 Å². The lowest BCUT2D eigenvalue weighted by Gasteiger charge is -2.43. The Labute approximate surface area is 134 Å². The second-order valence-corrected chi connectivity index (χ2v) is 6.61. The molecular weight excluding hydrogens is 292 g/mol. The van der Waals surface area contributed by atoms with E-state index in [4.69, 9.17) is 0 Å². The maximum atomic E-state index is 12.8. The van der Waals surface area contributed by atoms with Gasteiger partial charge in [0.05, 0.1) is 5.69 Å². The molecule has 0 saturated carbocycles. The minimum atomic E-state index is -0.897. The highest BCUT2D eigenvalue weighted by Crippen LogP contribution is 2.45. The molecule has 2 aromatic heterocycles. The summed E-state index contributed by atoms with van der Waals surface area (Å²) in [5.41, 5.74) is 0.611. The van der Waals surface area contributed by atoms with Crippen molar-refractivity contribution < 1.29 is 9.90 Å². The molecule has 120 valence electrons. The number of carbonyl (C=O) groups is 1. The Morgan fingerprint density at radius 1 is 1.17 bits per heavy atom. The van der Waals surface area contributed by atoms with E-state index in [0.29, 0.717) is 18.4 Å². The van der Waals surface area contributed by atoms with E-state index < -0.39 is 5.60 Å². The molecule has 4 rings (SSSR count). The molecular formula is C17H20N4O2. The fraction of sp³-hybridized carbons (Fsp3) is 0.471. The lowest BCUT2D eigenvalue weighted by molar-refractivity contribution is -0.0530. The van der Waals surface area contributed by atoms with E-state index in [1.807, 2.05) is 18.0 Å². The monoisotopic (exact) mass is 312 g/mol. The van der Waals surface area contributed by atoms with Crippen molar-refractivity contribution in [2.45, 2.75) is 43.4 Å². The second kappa shape index (κ2) is 5.16. The highest BCUT2D eigenvalue weighted by molar-refractivity contribution is 5.94. The van der Waals surface area contributed by atoms with Gasteiger partial charge in [-0.3, -0.25) is 14.5 Å². The molecule has 3 atom stereocenters. The third-order valence-electron chi connectivity index (χ3n) is 5.23. The summed E-state index contributed by atoms with van der Waals surface area (Å²) in [7, 11) is 1.85. The average molecular weight is 312 g/mol. The van der Waals surface area contributed by atoms with Crippen LogP contribution in [0.1, 0.15) is 41.7 Å². The molecule has 2 aromatic rings. The number of nitrogens with zero attached hydrogens (tertiary/aromatic N) is 4. The van der Waals surface area contributed by atoms with Crippen molar-refractivity contribution in [3.63, 3.8) is 0 Å². The first-order valence-corrected chi connectivity index (χ1v) is 8.02. The minimum Gasteiger partial charge on any atom is -0.383 e. The maximum absolute atomic E-state index is 12.8. The third kappa shape index (κ3) is 2.25. The van der Waals surface area contributed by atoms with E-state index in [0.717, 1.165) is 18.5 Å². The number of rotatable bonds is 2. The first kappa shape index (κ1) is 14.4. The van der Waals surface area contributed by atoms with E-state index in [9.17, 15) is 9.90 Å². The Kier molecular flexibility index (Phi) is 3.23. The van der Waals surface area contributed by atoms with Crippen LogP contribution in [0.3, 0.4) is 0 Å². The van der Waals surface area contributed by atoms with E-state index in [1.165, 1.54) is 0 Å². The molecule has 23 heavy (non-hydrogen) atoms. The highest BCUT2D eigenvalue weighted by atomic mass is 16.3. The normalized spacial score (nSPS) is 29.7. The van der Waals surface area contributed by atoms with Crippen LogP contribution in [0.2, 0.25) is 0 Å². The summed E-state index contributed by atoms with van der Waals surface area (Å²) < 4.78 is 1.74. The van der Waals surface area contributed by atoms with Gasteiger partial charge < -0.3 is 10.0 Å². The van der Waals surface area contributed by atoms with Gasteiger partial charge in [-0.05, 0) is 31.0 Å². The van der Waals surface area contributed by atoms with E-state index >= 15 is 0 Å². The number of piperidine rings is 1. The van der Waals surface area contributed by atoms with Crippen LogP contribution < -0.4 is 0 Å². The smallest absolute Gasteiger partial charge is 0.254 e. The Morgan fingerprint density at radius 3 is 2.39 bits per heavy atom. The number of aromatic nitrogens is 3. The van der Waals surface area contributed by atoms with Crippen LogP contribution in [0.5, 0.6) is 0 Å². The summed E-state index contributed by atoms with van der Waals surface area (Å²) in [4.78, 5) is 18.8. The molecule has 0 aliphatic carbocycles. The zero-order valence-electron chi connectivity index (χ0n) is 13.1. The zero-order valence-corrected chi connectivity index (χ0v) is 13.1. The number of amides is 1. The largest absolute Gasteiger partial charge is 0.383 e. The molecule has 1 unspecified atom stereocenters. The second-order valence-electron chi connectivity index (χ2n) is 6.61. The predicted octanol–water partition coefficient (Wildman–Crippen LogP) is 1.47. The molecule has 0 spiro atoms. The van der Waals surface area contributed by atoms with Crippen molar-refractivity contribution in [3.05, 3.63) is 48.0 Å². The fourth-order valence-corrected chi connectivity index (χ4v) is 4.24. The Hall–Kier alpha value is -2.21. The number of hydrogen-bond donors (Lipinski definition) is 1. The Morgan fingerprint density at radius 2 is 1.83 bits per heavy atom. The first-order chi connectivity index (χ1) is 11.1. The summed E-state index contributed by atoms with van der Waals surface area (Å²) in [5.74, 6) is 0.0481. The molecule has 0 aromatic carbocycles. The lowest BCUT2D eigenvalue weighted by atomic mass is 9.83. The molecule has 2 saturated heterocycles. The van der Waals surface area contributed by atoms with Crippen molar-refractivity contribution in [2.75, 3.05) is 0 Å². The van der Waals surface area contributed by atoms with Gasteiger partial charge in [0.15, 0.2) is 0 Å². The van der Waals surface area contributed by atoms with Crippen LogP contribution >= 0.6 is 0 Å². The molecule has 1 N–H and O–H groups in total. The van der Waals surface area contributed by atoms with E-state index in [2.05, 4.69) is 10.1 Å². The standard InChI is InChI=1S/C17H20N4O2/c1-20-15(6-9-19-20)17(23)10-13-2-3-14(11-17)21(13)16(22)12-4-7-18-8-5-12/h4-9,13-14,23H,2-3,10-11H2,1H3/t13-,14+,17?. The summed E-state index contributed by atoms with van der Waals surface area (Å²) >= 11 is 0. The SMILES string of the molecule is Cn1nccc1C1(O)C[C@H]2CC[C@@H](C1)N2C(=O)c1ccncc1. The van der Waals surface area contributed by atoms with Gasteiger partial charge in [-0.25, -0.2) is 0 Å². The van der Waals surface area contributed by atoms with Crippen molar-refractivity contribution in [1.29, 1.82) is 0 Å². The minimum absolute atomic E-state index is 0.0481. The van der Waals surface area contributed by atoms with Crippen LogP contribution in [0, 0.1) is 0 Å². The summed E-state index contributed by atoms with van der Waals surface area (Å²) in [5, 5.41) is 15.3. The van der Waals surface area contributed by atoms with Crippen LogP contribution in [-0.4, -0.2) is 42.8 Å². The Bertz CT molecular complexity index is 713. The van der Waals surface area contributed by atoms with E-state index in [-0.39, 0.29) is 18.0 Å². The van der Waals surface area contributed by atoms with E-state index in [1.54, 1.807) is 35.4 Å². The molecule has 1 amide bonds. The average Bonchev–Trinajstić information content (AvgIpc) is 3.10. The summed E-state index contributed by atoms with van der Waals surface area (Å²) in [6.45, 7) is 0. The molecule has 2 aliphatic rings. The molecule has 4 heterocycles. The number of aryl methyl sites for hydroxylation is 1. The van der Waals surface area contributed by atoms with Crippen molar-refractivity contribution >= 4 is 5.91 Å². The molecule has 6 nitrogen and oxygen atoms in total. The molecule has 2 bridgehead atoms. The predicted molar refractivity (Wildman–Crippen MR) is 83.6 cm³/mol. The fourth-order valence-electron chi connectivity index (χ4n) is 4.24. The van der Waals surface area contributed by atoms with Crippen LogP contribution in [-0.2, 0) is 12.6 Å². The molecule has 2 fully saturated rings. The third-order valence-corrected chi connectivity index (χ3v) is 5.23. The van der Waals surface area contributed by atoms with Gasteiger partial charge in [-0.2, -0.15) is 5.10 Å². The number of aliphatic hydroxyl groups is 1. The topological polar surface area (TPSA) is 71.2 Å². The summed E-state index contributed by atoms with van der Waals surface area (Å²) in [6, 6.07) is 5.54. The number of carbonyl (C=O) groups excluding carboxylic acids is 1. The zero-order chi connectivity index (χ0) is 16.0. The lowest BCUT2D eigenvalue weighted by Crippen LogP contribution is -2.52. The quantitative estimate of drug-likeness (QED) is 0.911. The molecule has 0 radical (unpaired) electrons. The van der Waals surface area contributed by atoms with Gasteiger partial charge in [0.2, 0.25) is 0 Å². The number of pyridine rings is 1. The Balaban J connectivity index is 1.62. The van der Waals surface area contributed by atoms with Crippen LogP contribution in [0.15, 0.2) is 36.8 Å². The highest BCUT2D eigenvalue weighted by Gasteiger charge is 2.51. The molecule has 6 heteroatoms. The van der Waals surface area contributed by atoms with Crippen molar-refractivity contribution in [1.82, 2.24) is 19.7 Å². The van der Waals surface area contributed by atoms with Crippen molar-refractivity contribution in [2.24, 2.45) is 7.05 Å². The summed E-state index contributed by atoms with van der Waals surface area (Å²) in [6.07, 6.45) is 8.03. The van der Waals surface area contributed by atoms with Crippen molar-refractivity contribution in [3.8, 4) is 0 Å². The van der Waals surface area contributed by atoms with Crippen LogP contribution in [0.25, 0.3) is 0 Å². The van der Waals surface area contributed by atoms with Gasteiger partial charge in [0.1, 0.15) is 5.60 Å². The van der Waals surface area contributed by atoms with Gasteiger partial charge in [0, 0.05) is 56.1 Å². The maximum Gasteiger partial charge on any atom is 0.254 e. The van der Waals surface area contributed by atoms with Gasteiger partial charge in [-0.15, -0.1) is 0 Å². The van der Waals surface area contributed by atoms with Gasteiger partial charge in [-0.1, -0.05) is 0 Å². The molecule has 2 aliphatic heterocycles. The van der Waals surface area contributed by atoms with Crippen LogP contribution in [0.4, 0.5) is 0 Å². The number of hydrogen-bond acceptors (Lipinski definition) is 4. The first-order valence-electron chi connectivity index (χ1n) is 8.02. The number of fused-ring (bicyclic) bond motifs is 2. The van der Waals surface area contributed by atoms with Gasteiger partial charge >= 0.3 is 0 Å².